The highest BCUT2D eigenvalue weighted by Gasteiger charge is 2.45. The number of rotatable bonds is 4. The molecule has 0 saturated heterocycles. The normalized spacial score (nSPS) is 18.1. The zero-order valence-corrected chi connectivity index (χ0v) is 11.1. The van der Waals surface area contributed by atoms with E-state index in [1.54, 1.807) is 11.1 Å². The molecule has 2 rings (SSSR count). The maximum Gasteiger partial charge on any atom is -0.00411 e. The smallest absolute Gasteiger partial charge is 0.00411 e. The second kappa shape index (κ2) is 4.24. The summed E-state index contributed by atoms with van der Waals surface area (Å²) in [6.45, 7) is 9.31. The van der Waals surface area contributed by atoms with E-state index < -0.39 is 0 Å². The Morgan fingerprint density at radius 2 is 1.69 bits per heavy atom. The lowest BCUT2D eigenvalue weighted by molar-refractivity contribution is 0.483. The topological polar surface area (TPSA) is 0 Å². The van der Waals surface area contributed by atoms with Gasteiger partial charge in [-0.2, -0.15) is 0 Å². The quantitative estimate of drug-likeness (QED) is 0.672. The molecule has 0 nitrogen and oxygen atoms in total. The average Bonchev–Trinajstić information content (AvgIpc) is 2.98. The van der Waals surface area contributed by atoms with E-state index >= 15 is 0 Å². The van der Waals surface area contributed by atoms with E-state index in [4.69, 9.17) is 0 Å². The zero-order chi connectivity index (χ0) is 11.8. The lowest BCUT2D eigenvalue weighted by Gasteiger charge is -2.23. The minimum absolute atomic E-state index is 0.537. The molecule has 1 aromatic carbocycles. The van der Waals surface area contributed by atoms with E-state index in [0.29, 0.717) is 11.3 Å². The van der Waals surface area contributed by atoms with Gasteiger partial charge in [0.1, 0.15) is 0 Å². The second-order valence-corrected chi connectivity index (χ2v) is 6.12. The van der Waals surface area contributed by atoms with Crippen molar-refractivity contribution < 1.29 is 0 Å². The molecule has 88 valence electrons. The number of hydrogen-bond acceptors (Lipinski definition) is 0. The fraction of sp³-hybridized carbons (Fsp3) is 0.625. The third kappa shape index (κ3) is 2.16. The molecule has 0 aliphatic heterocycles. The van der Waals surface area contributed by atoms with Crippen LogP contribution in [0.1, 0.15) is 64.0 Å². The molecule has 0 amide bonds. The van der Waals surface area contributed by atoms with Gasteiger partial charge in [0.05, 0.1) is 0 Å². The molecule has 1 aliphatic rings. The predicted molar refractivity (Wildman–Crippen MR) is 70.9 cm³/mol. The molecular weight excluding hydrogens is 192 g/mol. The van der Waals surface area contributed by atoms with Gasteiger partial charge in [-0.15, -0.1) is 0 Å². The molecule has 0 spiro atoms. The first kappa shape index (κ1) is 11.7. The molecule has 0 unspecified atom stereocenters. The Kier molecular flexibility index (Phi) is 3.10. The van der Waals surface area contributed by atoms with Gasteiger partial charge in [0.25, 0.3) is 0 Å². The van der Waals surface area contributed by atoms with Crippen molar-refractivity contribution in [3.8, 4) is 0 Å². The van der Waals surface area contributed by atoms with Gasteiger partial charge in [0.15, 0.2) is 0 Å². The molecule has 0 N–H and O–H groups in total. The third-order valence-corrected chi connectivity index (χ3v) is 3.81. The summed E-state index contributed by atoms with van der Waals surface area (Å²) in [4.78, 5) is 0. The lowest BCUT2D eigenvalue weighted by atomic mass is 9.82. The van der Waals surface area contributed by atoms with Crippen LogP contribution >= 0.6 is 0 Å². The molecule has 0 aromatic heterocycles. The van der Waals surface area contributed by atoms with Crippen molar-refractivity contribution in [1.29, 1.82) is 0 Å². The molecule has 0 radical (unpaired) electrons. The highest BCUT2D eigenvalue weighted by Crippen LogP contribution is 2.54. The fourth-order valence-electron chi connectivity index (χ4n) is 3.00. The van der Waals surface area contributed by atoms with Crippen LogP contribution in [0.25, 0.3) is 0 Å². The molecule has 0 bridgehead atoms. The summed E-state index contributed by atoms with van der Waals surface area (Å²) in [5, 5.41) is 0. The molecule has 1 saturated carbocycles. The van der Waals surface area contributed by atoms with Gasteiger partial charge in [0.2, 0.25) is 0 Å². The first-order valence-electron chi connectivity index (χ1n) is 6.64. The predicted octanol–water partition coefficient (Wildman–Crippen LogP) is 4.89. The van der Waals surface area contributed by atoms with Crippen molar-refractivity contribution in [2.75, 3.05) is 0 Å². The van der Waals surface area contributed by atoms with Gasteiger partial charge in [-0.3, -0.25) is 0 Å². The molecule has 1 aliphatic carbocycles. The van der Waals surface area contributed by atoms with E-state index in [0.717, 1.165) is 5.92 Å². The standard InChI is InChI=1S/C16H24/c1-12(2)11-16(9-10-16)15-8-6-5-7-14(15)13(3)4/h5-8,12-13H,9-11H2,1-4H3. The highest BCUT2D eigenvalue weighted by molar-refractivity contribution is 5.40. The van der Waals surface area contributed by atoms with Crippen LogP contribution in [0.2, 0.25) is 0 Å². The van der Waals surface area contributed by atoms with Gasteiger partial charge in [-0.25, -0.2) is 0 Å². The van der Waals surface area contributed by atoms with Gasteiger partial charge < -0.3 is 0 Å². The largest absolute Gasteiger partial charge is 0.0627 e. The van der Waals surface area contributed by atoms with Crippen LogP contribution in [-0.2, 0) is 5.41 Å². The number of benzene rings is 1. The highest BCUT2D eigenvalue weighted by atomic mass is 14.5. The molecular formula is C16H24. The third-order valence-electron chi connectivity index (χ3n) is 3.81. The van der Waals surface area contributed by atoms with Crippen LogP contribution < -0.4 is 0 Å². The SMILES string of the molecule is CC(C)CC1(c2ccccc2C(C)C)CC1. The summed E-state index contributed by atoms with van der Waals surface area (Å²) in [6.07, 6.45) is 4.15. The Balaban J connectivity index is 2.33. The fourth-order valence-corrected chi connectivity index (χ4v) is 3.00. The molecule has 0 heterocycles. The number of hydrogen-bond donors (Lipinski definition) is 0. The molecule has 1 aromatic rings. The van der Waals surface area contributed by atoms with Gasteiger partial charge in [0, 0.05) is 0 Å². The van der Waals surface area contributed by atoms with Crippen LogP contribution in [0, 0.1) is 5.92 Å². The van der Waals surface area contributed by atoms with Crippen molar-refractivity contribution in [2.45, 2.75) is 58.3 Å². The van der Waals surface area contributed by atoms with Crippen molar-refractivity contribution in [1.82, 2.24) is 0 Å². The average molecular weight is 216 g/mol. The summed E-state index contributed by atoms with van der Waals surface area (Å²) in [6, 6.07) is 9.08. The van der Waals surface area contributed by atoms with Crippen LogP contribution in [0.3, 0.4) is 0 Å². The van der Waals surface area contributed by atoms with Crippen LogP contribution in [-0.4, -0.2) is 0 Å². The molecule has 16 heavy (non-hydrogen) atoms. The minimum Gasteiger partial charge on any atom is -0.0627 e. The van der Waals surface area contributed by atoms with E-state index in [2.05, 4.69) is 52.0 Å². The van der Waals surface area contributed by atoms with Crippen molar-refractivity contribution in [2.24, 2.45) is 5.92 Å². The summed E-state index contributed by atoms with van der Waals surface area (Å²) in [5.41, 5.74) is 3.74. The minimum atomic E-state index is 0.537. The lowest BCUT2D eigenvalue weighted by Crippen LogP contribution is -2.13. The Morgan fingerprint density at radius 3 is 2.19 bits per heavy atom. The summed E-state index contributed by atoms with van der Waals surface area (Å²) < 4.78 is 0. The summed E-state index contributed by atoms with van der Waals surface area (Å²) in [5.74, 6) is 1.46. The molecule has 1 fully saturated rings. The van der Waals surface area contributed by atoms with Crippen LogP contribution in [0.5, 0.6) is 0 Å². The Labute approximate surface area is 100 Å². The summed E-state index contributed by atoms with van der Waals surface area (Å²) >= 11 is 0. The maximum absolute atomic E-state index is 2.37. The van der Waals surface area contributed by atoms with E-state index in [9.17, 15) is 0 Å². The summed E-state index contributed by atoms with van der Waals surface area (Å²) in [7, 11) is 0. The Hall–Kier alpha value is -0.780. The van der Waals surface area contributed by atoms with Crippen molar-refractivity contribution in [3.63, 3.8) is 0 Å². The first-order valence-corrected chi connectivity index (χ1v) is 6.64. The van der Waals surface area contributed by atoms with Crippen LogP contribution in [0.4, 0.5) is 0 Å². The van der Waals surface area contributed by atoms with E-state index in [1.807, 2.05) is 0 Å². The van der Waals surface area contributed by atoms with Crippen molar-refractivity contribution in [3.05, 3.63) is 35.4 Å². The monoisotopic (exact) mass is 216 g/mol. The molecule has 0 heteroatoms. The Morgan fingerprint density at radius 1 is 1.06 bits per heavy atom. The van der Waals surface area contributed by atoms with Crippen LogP contribution in [0.15, 0.2) is 24.3 Å². The van der Waals surface area contributed by atoms with E-state index in [1.165, 1.54) is 19.3 Å². The first-order chi connectivity index (χ1) is 7.55. The van der Waals surface area contributed by atoms with E-state index in [-0.39, 0.29) is 0 Å². The Bertz CT molecular complexity index is 356. The van der Waals surface area contributed by atoms with Gasteiger partial charge in [-0.05, 0) is 47.6 Å². The van der Waals surface area contributed by atoms with Crippen molar-refractivity contribution >= 4 is 0 Å². The second-order valence-electron chi connectivity index (χ2n) is 6.12. The molecule has 0 atom stereocenters. The zero-order valence-electron chi connectivity index (χ0n) is 11.1. The van der Waals surface area contributed by atoms with Gasteiger partial charge in [-0.1, -0.05) is 52.0 Å². The maximum atomic E-state index is 2.37. The van der Waals surface area contributed by atoms with Gasteiger partial charge >= 0.3 is 0 Å².